The summed E-state index contributed by atoms with van der Waals surface area (Å²) in [4.78, 5) is 8.51. The number of nitrogens with zero attached hydrogens (tertiary/aromatic N) is 2. The number of aryl methyl sites for hydroxylation is 1. The van der Waals surface area contributed by atoms with Crippen molar-refractivity contribution in [1.29, 1.82) is 0 Å². The van der Waals surface area contributed by atoms with E-state index in [1.807, 2.05) is 6.07 Å². The number of ether oxygens (including phenoxy) is 1. The lowest BCUT2D eigenvalue weighted by Gasteiger charge is -2.12. The molecule has 0 spiro atoms. The van der Waals surface area contributed by atoms with Crippen molar-refractivity contribution in [2.24, 2.45) is 5.73 Å². The molecular formula is C14H14ClN3O. The van der Waals surface area contributed by atoms with Gasteiger partial charge in [0.1, 0.15) is 12.1 Å². The van der Waals surface area contributed by atoms with Crippen LogP contribution in [0.2, 0.25) is 5.02 Å². The molecule has 5 heteroatoms. The van der Waals surface area contributed by atoms with E-state index in [1.165, 1.54) is 0 Å². The summed E-state index contributed by atoms with van der Waals surface area (Å²) in [6, 6.07) is 5.45. The number of rotatable bonds is 3. The number of nitrogens with two attached hydrogens (primary N) is 1. The molecule has 19 heavy (non-hydrogen) atoms. The average molecular weight is 276 g/mol. The van der Waals surface area contributed by atoms with Crippen LogP contribution in [0.4, 0.5) is 0 Å². The summed E-state index contributed by atoms with van der Waals surface area (Å²) < 4.78 is 5.91. The second kappa shape index (κ2) is 5.15. The van der Waals surface area contributed by atoms with Crippen LogP contribution >= 0.6 is 11.6 Å². The average Bonchev–Trinajstić information content (AvgIpc) is 2.88. The van der Waals surface area contributed by atoms with Gasteiger partial charge in [-0.3, -0.25) is 0 Å². The van der Waals surface area contributed by atoms with Crippen LogP contribution in [0.1, 0.15) is 23.2 Å². The number of hydrogen-bond acceptors (Lipinski definition) is 4. The molecule has 0 saturated carbocycles. The normalized spacial score (nSPS) is 13.4. The van der Waals surface area contributed by atoms with Gasteiger partial charge < -0.3 is 10.5 Å². The van der Waals surface area contributed by atoms with E-state index in [2.05, 4.69) is 9.97 Å². The van der Waals surface area contributed by atoms with Gasteiger partial charge in [0.15, 0.2) is 0 Å². The topological polar surface area (TPSA) is 61.0 Å². The molecule has 98 valence electrons. The first kappa shape index (κ1) is 12.4. The Hall–Kier alpha value is -1.65. The smallest absolute Gasteiger partial charge is 0.225 e. The first-order chi connectivity index (χ1) is 9.28. The van der Waals surface area contributed by atoms with Crippen molar-refractivity contribution in [3.8, 4) is 11.6 Å². The summed E-state index contributed by atoms with van der Waals surface area (Å²) in [6.07, 6.45) is 4.60. The fourth-order valence-electron chi connectivity index (χ4n) is 2.31. The van der Waals surface area contributed by atoms with E-state index in [-0.39, 0.29) is 0 Å². The highest BCUT2D eigenvalue weighted by molar-refractivity contribution is 6.30. The number of benzene rings is 1. The predicted molar refractivity (Wildman–Crippen MR) is 73.5 cm³/mol. The third kappa shape index (κ3) is 2.41. The molecule has 0 unspecified atom stereocenters. The highest BCUT2D eigenvalue weighted by Gasteiger charge is 2.19. The molecule has 1 aromatic heterocycles. The molecule has 2 N–H and O–H groups in total. The number of hydrogen-bond donors (Lipinski definition) is 1. The number of fused-ring (bicyclic) bond motifs is 1. The van der Waals surface area contributed by atoms with Crippen LogP contribution in [0.15, 0.2) is 24.5 Å². The molecule has 0 fully saturated rings. The summed E-state index contributed by atoms with van der Waals surface area (Å²) in [5, 5.41) is 0.623. The molecular weight excluding hydrogens is 262 g/mol. The van der Waals surface area contributed by atoms with E-state index < -0.39 is 0 Å². The van der Waals surface area contributed by atoms with Crippen molar-refractivity contribution in [2.45, 2.75) is 25.8 Å². The Labute approximate surface area is 116 Å². The van der Waals surface area contributed by atoms with Gasteiger partial charge in [0, 0.05) is 22.7 Å². The number of halogens is 1. The van der Waals surface area contributed by atoms with Crippen molar-refractivity contribution in [2.75, 3.05) is 0 Å². The van der Waals surface area contributed by atoms with Crippen LogP contribution in [0.5, 0.6) is 11.6 Å². The minimum atomic E-state index is 0.403. The lowest BCUT2D eigenvalue weighted by atomic mass is 10.2. The van der Waals surface area contributed by atoms with Gasteiger partial charge in [-0.25, -0.2) is 9.97 Å². The summed E-state index contributed by atoms with van der Waals surface area (Å²) >= 11 is 6.00. The lowest BCUT2D eigenvalue weighted by Crippen LogP contribution is -2.02. The fraction of sp³-hybridized carbons (Fsp3) is 0.286. The van der Waals surface area contributed by atoms with Gasteiger partial charge in [-0.2, -0.15) is 0 Å². The first-order valence-electron chi connectivity index (χ1n) is 6.27. The maximum atomic E-state index is 6.00. The molecule has 0 radical (unpaired) electrons. The molecule has 0 aliphatic heterocycles. The van der Waals surface area contributed by atoms with Crippen molar-refractivity contribution in [3.05, 3.63) is 46.4 Å². The molecule has 1 heterocycles. The molecule has 0 saturated heterocycles. The molecule has 4 nitrogen and oxygen atoms in total. The minimum Gasteiger partial charge on any atom is -0.438 e. The molecule has 0 atom stereocenters. The van der Waals surface area contributed by atoms with Crippen LogP contribution in [-0.2, 0) is 19.4 Å². The highest BCUT2D eigenvalue weighted by atomic mass is 35.5. The Morgan fingerprint density at radius 1 is 1.26 bits per heavy atom. The van der Waals surface area contributed by atoms with Crippen LogP contribution in [-0.4, -0.2) is 9.97 Å². The maximum Gasteiger partial charge on any atom is 0.225 e. The zero-order valence-corrected chi connectivity index (χ0v) is 11.2. The van der Waals surface area contributed by atoms with Gasteiger partial charge in [0.2, 0.25) is 5.88 Å². The van der Waals surface area contributed by atoms with E-state index in [4.69, 9.17) is 22.1 Å². The van der Waals surface area contributed by atoms with Crippen molar-refractivity contribution >= 4 is 11.6 Å². The van der Waals surface area contributed by atoms with Crippen molar-refractivity contribution in [3.63, 3.8) is 0 Å². The van der Waals surface area contributed by atoms with Crippen molar-refractivity contribution in [1.82, 2.24) is 9.97 Å². The monoisotopic (exact) mass is 275 g/mol. The Balaban J connectivity index is 1.98. The Kier molecular flexibility index (Phi) is 3.36. The molecule has 0 bridgehead atoms. The molecule has 0 amide bonds. The standard InChI is InChI=1S/C14H14ClN3O/c15-10-5-4-9(7-16)13(6-10)19-14-11-2-1-3-12(11)17-8-18-14/h4-6,8H,1-3,7,16H2. The molecule has 1 aliphatic carbocycles. The molecule has 2 aromatic rings. The van der Waals surface area contributed by atoms with Gasteiger partial charge in [-0.05, 0) is 31.4 Å². The lowest BCUT2D eigenvalue weighted by molar-refractivity contribution is 0.450. The van der Waals surface area contributed by atoms with E-state index in [1.54, 1.807) is 18.5 Å². The molecule has 3 rings (SSSR count). The largest absolute Gasteiger partial charge is 0.438 e. The van der Waals surface area contributed by atoms with E-state index in [0.29, 0.717) is 23.2 Å². The van der Waals surface area contributed by atoms with E-state index >= 15 is 0 Å². The first-order valence-corrected chi connectivity index (χ1v) is 6.65. The van der Waals surface area contributed by atoms with Crippen LogP contribution in [0.25, 0.3) is 0 Å². The van der Waals surface area contributed by atoms with Crippen LogP contribution < -0.4 is 10.5 Å². The highest BCUT2D eigenvalue weighted by Crippen LogP contribution is 2.32. The maximum absolute atomic E-state index is 6.00. The Morgan fingerprint density at radius 3 is 3.00 bits per heavy atom. The van der Waals surface area contributed by atoms with E-state index in [9.17, 15) is 0 Å². The zero-order valence-electron chi connectivity index (χ0n) is 10.4. The Bertz CT molecular complexity index is 616. The Morgan fingerprint density at radius 2 is 2.16 bits per heavy atom. The van der Waals surface area contributed by atoms with Gasteiger partial charge in [0.25, 0.3) is 0 Å². The number of aromatic nitrogens is 2. The van der Waals surface area contributed by atoms with Crippen LogP contribution in [0.3, 0.4) is 0 Å². The van der Waals surface area contributed by atoms with Crippen molar-refractivity contribution < 1.29 is 4.74 Å². The fourth-order valence-corrected chi connectivity index (χ4v) is 2.48. The third-order valence-electron chi connectivity index (χ3n) is 3.29. The minimum absolute atomic E-state index is 0.403. The van der Waals surface area contributed by atoms with Gasteiger partial charge >= 0.3 is 0 Å². The molecule has 1 aromatic carbocycles. The van der Waals surface area contributed by atoms with E-state index in [0.717, 1.165) is 36.1 Å². The summed E-state index contributed by atoms with van der Waals surface area (Å²) in [6.45, 7) is 0.403. The summed E-state index contributed by atoms with van der Waals surface area (Å²) in [5.41, 5.74) is 8.81. The van der Waals surface area contributed by atoms with Gasteiger partial charge in [-0.1, -0.05) is 17.7 Å². The van der Waals surface area contributed by atoms with Gasteiger partial charge in [-0.15, -0.1) is 0 Å². The summed E-state index contributed by atoms with van der Waals surface area (Å²) in [5.74, 6) is 1.29. The molecule has 1 aliphatic rings. The zero-order chi connectivity index (χ0) is 13.2. The quantitative estimate of drug-likeness (QED) is 0.936. The second-order valence-electron chi connectivity index (χ2n) is 4.52. The van der Waals surface area contributed by atoms with Crippen LogP contribution in [0, 0.1) is 0 Å². The third-order valence-corrected chi connectivity index (χ3v) is 3.53. The summed E-state index contributed by atoms with van der Waals surface area (Å²) in [7, 11) is 0. The SMILES string of the molecule is NCc1ccc(Cl)cc1Oc1ncnc2c1CCC2. The predicted octanol–water partition coefficient (Wildman–Crippen LogP) is 2.87. The van der Waals surface area contributed by atoms with Gasteiger partial charge in [0.05, 0.1) is 5.69 Å². The second-order valence-corrected chi connectivity index (χ2v) is 4.95.